The number of hydrogen-bond acceptors (Lipinski definition) is 3. The van der Waals surface area contributed by atoms with Gasteiger partial charge in [0.15, 0.2) is 0 Å². The summed E-state index contributed by atoms with van der Waals surface area (Å²) in [6.45, 7) is 0. The second kappa shape index (κ2) is 3.38. The molecule has 74 valence electrons. The molecule has 1 aromatic rings. The summed E-state index contributed by atoms with van der Waals surface area (Å²) < 4.78 is 0. The minimum absolute atomic E-state index is 0.0290. The fourth-order valence-corrected chi connectivity index (χ4v) is 2.04. The molecule has 0 unspecified atom stereocenters. The number of hydrogen-bond donors (Lipinski definition) is 1. The van der Waals surface area contributed by atoms with Crippen LogP contribution in [-0.4, -0.2) is 4.92 Å². The predicted octanol–water partition coefficient (Wildman–Crippen LogP) is 1.93. The molecule has 1 aliphatic rings. The van der Waals surface area contributed by atoms with Crippen molar-refractivity contribution in [2.24, 2.45) is 5.73 Å². The van der Waals surface area contributed by atoms with Crippen LogP contribution in [0, 0.1) is 10.1 Å². The fourth-order valence-electron chi connectivity index (χ4n) is 2.04. The van der Waals surface area contributed by atoms with Crippen LogP contribution >= 0.6 is 0 Å². The molecule has 0 saturated carbocycles. The van der Waals surface area contributed by atoms with Crippen LogP contribution in [0.1, 0.15) is 30.0 Å². The topological polar surface area (TPSA) is 69.2 Å². The lowest BCUT2D eigenvalue weighted by Gasteiger charge is -2.21. The number of nitrogens with two attached hydrogens (primary N) is 1. The van der Waals surface area contributed by atoms with Gasteiger partial charge in [-0.15, -0.1) is 0 Å². The summed E-state index contributed by atoms with van der Waals surface area (Å²) in [5.41, 5.74) is 7.89. The third-order valence-electron chi connectivity index (χ3n) is 2.73. The van der Waals surface area contributed by atoms with Gasteiger partial charge in [-0.3, -0.25) is 10.1 Å². The van der Waals surface area contributed by atoms with E-state index in [-0.39, 0.29) is 16.7 Å². The van der Waals surface area contributed by atoms with Gasteiger partial charge in [0, 0.05) is 17.7 Å². The third-order valence-corrected chi connectivity index (χ3v) is 2.73. The molecule has 0 aliphatic heterocycles. The second-order valence-corrected chi connectivity index (χ2v) is 3.60. The predicted molar refractivity (Wildman–Crippen MR) is 53.0 cm³/mol. The van der Waals surface area contributed by atoms with E-state index in [0.29, 0.717) is 0 Å². The van der Waals surface area contributed by atoms with Gasteiger partial charge in [0.2, 0.25) is 0 Å². The van der Waals surface area contributed by atoms with Crippen molar-refractivity contribution in [1.29, 1.82) is 0 Å². The summed E-state index contributed by atoms with van der Waals surface area (Å²) in [4.78, 5) is 10.4. The van der Waals surface area contributed by atoms with Gasteiger partial charge in [-0.2, -0.15) is 0 Å². The molecule has 1 atom stereocenters. The van der Waals surface area contributed by atoms with E-state index in [1.807, 2.05) is 6.07 Å². The Morgan fingerprint density at radius 3 is 3.00 bits per heavy atom. The Hall–Kier alpha value is -1.42. The molecule has 0 saturated heterocycles. The van der Waals surface area contributed by atoms with Crippen LogP contribution in [0.4, 0.5) is 5.69 Å². The second-order valence-electron chi connectivity index (χ2n) is 3.60. The summed E-state index contributed by atoms with van der Waals surface area (Å²) in [6.07, 6.45) is 2.65. The molecule has 1 aliphatic carbocycles. The normalized spacial score (nSPS) is 20.2. The van der Waals surface area contributed by atoms with Crippen LogP contribution in [0.25, 0.3) is 0 Å². The molecule has 0 bridgehead atoms. The van der Waals surface area contributed by atoms with Crippen molar-refractivity contribution in [3.8, 4) is 0 Å². The standard InChI is InChI=1S/C10H12N2O2/c11-9-5-1-4-8-7(9)3-2-6-10(8)12(13)14/h2-3,6,9H,1,4-5,11H2/t9-/m0/s1. The van der Waals surface area contributed by atoms with Crippen molar-refractivity contribution in [3.63, 3.8) is 0 Å². The van der Waals surface area contributed by atoms with E-state index in [1.165, 1.54) is 0 Å². The van der Waals surface area contributed by atoms with Crippen LogP contribution in [0.15, 0.2) is 18.2 Å². The number of rotatable bonds is 1. The Bertz CT molecular complexity index is 376. The maximum atomic E-state index is 10.7. The van der Waals surface area contributed by atoms with Gasteiger partial charge in [-0.25, -0.2) is 0 Å². The Labute approximate surface area is 81.9 Å². The maximum Gasteiger partial charge on any atom is 0.272 e. The van der Waals surface area contributed by atoms with Gasteiger partial charge < -0.3 is 5.73 Å². The zero-order chi connectivity index (χ0) is 10.1. The average molecular weight is 192 g/mol. The van der Waals surface area contributed by atoms with E-state index < -0.39 is 0 Å². The molecule has 0 fully saturated rings. The molecule has 0 radical (unpaired) electrons. The lowest BCUT2D eigenvalue weighted by Crippen LogP contribution is -2.18. The summed E-state index contributed by atoms with van der Waals surface area (Å²) in [5.74, 6) is 0. The van der Waals surface area contributed by atoms with Crippen molar-refractivity contribution in [2.75, 3.05) is 0 Å². The number of fused-ring (bicyclic) bond motifs is 1. The van der Waals surface area contributed by atoms with Crippen molar-refractivity contribution >= 4 is 5.69 Å². The number of nitro benzene ring substituents is 1. The van der Waals surface area contributed by atoms with Crippen molar-refractivity contribution in [1.82, 2.24) is 0 Å². The summed E-state index contributed by atoms with van der Waals surface area (Å²) in [7, 11) is 0. The van der Waals surface area contributed by atoms with Crippen molar-refractivity contribution in [2.45, 2.75) is 25.3 Å². The molecule has 0 aromatic heterocycles. The molecular formula is C10H12N2O2. The fraction of sp³-hybridized carbons (Fsp3) is 0.400. The Morgan fingerprint density at radius 1 is 1.50 bits per heavy atom. The molecule has 4 nitrogen and oxygen atoms in total. The van der Waals surface area contributed by atoms with Gasteiger partial charge in [-0.05, 0) is 24.8 Å². The zero-order valence-corrected chi connectivity index (χ0v) is 7.77. The largest absolute Gasteiger partial charge is 0.324 e. The van der Waals surface area contributed by atoms with Gasteiger partial charge in [0.05, 0.1) is 4.92 Å². The Kier molecular flexibility index (Phi) is 2.21. The van der Waals surface area contributed by atoms with Crippen molar-refractivity contribution < 1.29 is 4.92 Å². The van der Waals surface area contributed by atoms with E-state index in [0.717, 1.165) is 30.4 Å². The summed E-state index contributed by atoms with van der Waals surface area (Å²) in [6, 6.07) is 5.13. The first kappa shape index (κ1) is 9.15. The van der Waals surface area contributed by atoms with Crippen LogP contribution in [0.2, 0.25) is 0 Å². The van der Waals surface area contributed by atoms with Crippen LogP contribution in [0.5, 0.6) is 0 Å². The molecule has 2 N–H and O–H groups in total. The van der Waals surface area contributed by atoms with E-state index >= 15 is 0 Å². The SMILES string of the molecule is N[C@H]1CCCc2c1cccc2[N+](=O)[O-]. The smallest absolute Gasteiger partial charge is 0.272 e. The Morgan fingerprint density at radius 2 is 2.29 bits per heavy atom. The Balaban J connectivity index is 2.55. The molecular weight excluding hydrogens is 180 g/mol. The third kappa shape index (κ3) is 1.37. The number of nitrogens with zero attached hydrogens (tertiary/aromatic N) is 1. The lowest BCUT2D eigenvalue weighted by atomic mass is 9.87. The monoisotopic (exact) mass is 192 g/mol. The maximum absolute atomic E-state index is 10.7. The van der Waals surface area contributed by atoms with Gasteiger partial charge in [-0.1, -0.05) is 12.1 Å². The van der Waals surface area contributed by atoms with E-state index in [1.54, 1.807) is 12.1 Å². The van der Waals surface area contributed by atoms with E-state index in [2.05, 4.69) is 0 Å². The highest BCUT2D eigenvalue weighted by atomic mass is 16.6. The molecule has 14 heavy (non-hydrogen) atoms. The molecule has 0 amide bonds. The summed E-state index contributed by atoms with van der Waals surface area (Å²) >= 11 is 0. The lowest BCUT2D eigenvalue weighted by molar-refractivity contribution is -0.385. The summed E-state index contributed by atoms with van der Waals surface area (Å²) in [5, 5.41) is 10.7. The van der Waals surface area contributed by atoms with E-state index in [4.69, 9.17) is 5.73 Å². The van der Waals surface area contributed by atoms with Crippen LogP contribution < -0.4 is 5.73 Å². The molecule has 0 spiro atoms. The van der Waals surface area contributed by atoms with Crippen LogP contribution in [0.3, 0.4) is 0 Å². The van der Waals surface area contributed by atoms with Crippen molar-refractivity contribution in [3.05, 3.63) is 39.4 Å². The minimum atomic E-state index is -0.323. The van der Waals surface area contributed by atoms with Gasteiger partial charge in [0.25, 0.3) is 5.69 Å². The molecule has 4 heteroatoms. The first-order valence-corrected chi connectivity index (χ1v) is 4.72. The number of nitro groups is 1. The highest BCUT2D eigenvalue weighted by Gasteiger charge is 2.23. The first-order valence-electron chi connectivity index (χ1n) is 4.72. The quantitative estimate of drug-likeness (QED) is 0.546. The average Bonchev–Trinajstić information content (AvgIpc) is 2.17. The molecule has 0 heterocycles. The highest BCUT2D eigenvalue weighted by molar-refractivity contribution is 5.47. The minimum Gasteiger partial charge on any atom is -0.324 e. The van der Waals surface area contributed by atoms with E-state index in [9.17, 15) is 10.1 Å². The molecule has 1 aromatic carbocycles. The first-order chi connectivity index (χ1) is 6.70. The highest BCUT2D eigenvalue weighted by Crippen LogP contribution is 2.33. The zero-order valence-electron chi connectivity index (χ0n) is 7.77. The number of benzene rings is 1. The van der Waals surface area contributed by atoms with Crippen LogP contribution in [-0.2, 0) is 6.42 Å². The van der Waals surface area contributed by atoms with Gasteiger partial charge in [0.1, 0.15) is 0 Å². The van der Waals surface area contributed by atoms with Gasteiger partial charge >= 0.3 is 0 Å². The molecule has 2 rings (SSSR count).